The van der Waals surface area contributed by atoms with Crippen molar-refractivity contribution in [2.24, 2.45) is 0 Å². The third-order valence-electron chi connectivity index (χ3n) is 3.07. The summed E-state index contributed by atoms with van der Waals surface area (Å²) in [5, 5.41) is 12.2. The maximum Gasteiger partial charge on any atom is 0.408 e. The second-order valence-electron chi connectivity index (χ2n) is 6.22. The molecular weight excluding hydrogens is 282 g/mol. The van der Waals surface area contributed by atoms with E-state index in [2.05, 4.69) is 5.32 Å². The van der Waals surface area contributed by atoms with Gasteiger partial charge in [-0.25, -0.2) is 4.79 Å². The van der Waals surface area contributed by atoms with Crippen molar-refractivity contribution >= 4 is 6.09 Å². The number of benzene rings is 1. The zero-order valence-corrected chi connectivity index (χ0v) is 13.9. The number of aliphatic hydroxyl groups excluding tert-OH is 1. The van der Waals surface area contributed by atoms with E-state index in [1.807, 2.05) is 24.3 Å². The molecule has 5 nitrogen and oxygen atoms in total. The maximum atomic E-state index is 11.8. The van der Waals surface area contributed by atoms with Gasteiger partial charge in [0.25, 0.3) is 0 Å². The normalized spacial score (nSPS) is 12.8. The van der Waals surface area contributed by atoms with E-state index in [4.69, 9.17) is 9.47 Å². The lowest BCUT2D eigenvalue weighted by Gasteiger charge is -2.23. The highest BCUT2D eigenvalue weighted by Crippen LogP contribution is 2.16. The van der Waals surface area contributed by atoms with Gasteiger partial charge < -0.3 is 19.9 Å². The molecule has 0 aliphatic rings. The minimum absolute atomic E-state index is 0.178. The van der Waals surface area contributed by atoms with E-state index in [0.717, 1.165) is 25.0 Å². The van der Waals surface area contributed by atoms with Crippen LogP contribution in [0.15, 0.2) is 24.3 Å². The van der Waals surface area contributed by atoms with Gasteiger partial charge in [0.15, 0.2) is 0 Å². The molecule has 124 valence electrons. The van der Waals surface area contributed by atoms with E-state index in [-0.39, 0.29) is 6.61 Å². The molecule has 1 rings (SSSR count). The van der Waals surface area contributed by atoms with Crippen LogP contribution in [0.25, 0.3) is 0 Å². The lowest BCUT2D eigenvalue weighted by atomic mass is 10.0. The lowest BCUT2D eigenvalue weighted by molar-refractivity contribution is 0.0482. The zero-order chi connectivity index (χ0) is 16.6. The number of alkyl carbamates (subject to hydrolysis) is 1. The summed E-state index contributed by atoms with van der Waals surface area (Å²) >= 11 is 0. The molecule has 1 unspecified atom stereocenters. The zero-order valence-electron chi connectivity index (χ0n) is 13.9. The Morgan fingerprint density at radius 3 is 2.41 bits per heavy atom. The van der Waals surface area contributed by atoms with Gasteiger partial charge in [0.1, 0.15) is 5.60 Å². The fourth-order valence-electron chi connectivity index (χ4n) is 2.02. The van der Waals surface area contributed by atoms with Crippen LogP contribution in [0.2, 0.25) is 0 Å². The van der Waals surface area contributed by atoms with Gasteiger partial charge in [-0.3, -0.25) is 0 Å². The predicted molar refractivity (Wildman–Crippen MR) is 85.8 cm³/mol. The Labute approximate surface area is 132 Å². The predicted octanol–water partition coefficient (Wildman–Crippen LogP) is 2.82. The molecule has 0 fully saturated rings. The quantitative estimate of drug-likeness (QED) is 0.760. The number of nitrogens with one attached hydrogen (secondary N) is 1. The molecule has 1 atom stereocenters. The molecule has 5 heteroatoms. The van der Waals surface area contributed by atoms with Crippen LogP contribution in [-0.2, 0) is 15.9 Å². The maximum absolute atomic E-state index is 11.8. The van der Waals surface area contributed by atoms with Crippen molar-refractivity contribution in [3.8, 4) is 0 Å². The average molecular weight is 309 g/mol. The highest BCUT2D eigenvalue weighted by Gasteiger charge is 2.20. The van der Waals surface area contributed by atoms with Gasteiger partial charge in [-0.1, -0.05) is 24.3 Å². The highest BCUT2D eigenvalue weighted by molar-refractivity contribution is 5.68. The lowest BCUT2D eigenvalue weighted by Crippen LogP contribution is -2.36. The summed E-state index contributed by atoms with van der Waals surface area (Å²) in [6.45, 7) is 5.96. The van der Waals surface area contributed by atoms with E-state index in [0.29, 0.717) is 0 Å². The van der Waals surface area contributed by atoms with Crippen molar-refractivity contribution in [2.45, 2.75) is 45.3 Å². The van der Waals surface area contributed by atoms with Crippen LogP contribution < -0.4 is 5.32 Å². The molecule has 0 bridgehead atoms. The molecular formula is C17H27NO4. The third-order valence-corrected chi connectivity index (χ3v) is 3.07. The first kappa shape index (κ1) is 18.5. The number of aliphatic hydroxyl groups is 1. The second-order valence-corrected chi connectivity index (χ2v) is 6.22. The number of ether oxygens (including phenoxy) is 2. The van der Waals surface area contributed by atoms with Crippen LogP contribution in [0.4, 0.5) is 4.79 Å². The van der Waals surface area contributed by atoms with E-state index < -0.39 is 17.7 Å². The van der Waals surface area contributed by atoms with E-state index in [9.17, 15) is 9.90 Å². The number of hydrogen-bond acceptors (Lipinski definition) is 4. The summed E-state index contributed by atoms with van der Waals surface area (Å²) in [6.07, 6.45) is 1.38. The Morgan fingerprint density at radius 2 is 1.91 bits per heavy atom. The van der Waals surface area contributed by atoms with Crippen LogP contribution in [-0.4, -0.2) is 37.1 Å². The minimum Gasteiger partial charge on any atom is -0.444 e. The minimum atomic E-state index is -0.560. The topological polar surface area (TPSA) is 67.8 Å². The van der Waals surface area contributed by atoms with Gasteiger partial charge in [0.2, 0.25) is 0 Å². The van der Waals surface area contributed by atoms with Crippen LogP contribution >= 0.6 is 0 Å². The molecule has 1 aromatic carbocycles. The SMILES string of the molecule is COCCCc1ccc(C(CO)NC(=O)OC(C)(C)C)cc1. The monoisotopic (exact) mass is 309 g/mol. The van der Waals surface area contributed by atoms with Crippen molar-refractivity contribution in [3.63, 3.8) is 0 Å². The van der Waals surface area contributed by atoms with E-state index >= 15 is 0 Å². The van der Waals surface area contributed by atoms with Crippen molar-refractivity contribution in [1.29, 1.82) is 0 Å². The van der Waals surface area contributed by atoms with Crippen molar-refractivity contribution < 1.29 is 19.4 Å². The first-order chi connectivity index (χ1) is 10.4. The summed E-state index contributed by atoms with van der Waals surface area (Å²) in [7, 11) is 1.69. The van der Waals surface area contributed by atoms with Gasteiger partial charge in [-0.15, -0.1) is 0 Å². The second kappa shape index (κ2) is 8.76. The Bertz CT molecular complexity index is 451. The number of amides is 1. The standard InChI is InChI=1S/C17H27NO4/c1-17(2,3)22-16(20)18-15(12-19)14-9-7-13(8-10-14)6-5-11-21-4/h7-10,15,19H,5-6,11-12H2,1-4H3,(H,18,20). The molecule has 0 radical (unpaired) electrons. The third kappa shape index (κ3) is 6.91. The number of aryl methyl sites for hydroxylation is 1. The first-order valence-corrected chi connectivity index (χ1v) is 7.54. The number of rotatable bonds is 7. The number of carbonyl (C=O) groups is 1. The van der Waals surface area contributed by atoms with Crippen LogP contribution in [0.3, 0.4) is 0 Å². The smallest absolute Gasteiger partial charge is 0.408 e. The molecule has 0 heterocycles. The van der Waals surface area contributed by atoms with Gasteiger partial charge in [-0.05, 0) is 44.7 Å². The molecule has 0 saturated carbocycles. The van der Waals surface area contributed by atoms with Crippen LogP contribution in [0, 0.1) is 0 Å². The Hall–Kier alpha value is -1.59. The summed E-state index contributed by atoms with van der Waals surface area (Å²) in [5.74, 6) is 0. The van der Waals surface area contributed by atoms with Crippen molar-refractivity contribution in [2.75, 3.05) is 20.3 Å². The molecule has 0 aliphatic carbocycles. The van der Waals surface area contributed by atoms with E-state index in [1.54, 1.807) is 27.9 Å². The van der Waals surface area contributed by atoms with Gasteiger partial charge in [0.05, 0.1) is 12.6 Å². The molecule has 2 N–H and O–H groups in total. The van der Waals surface area contributed by atoms with Crippen LogP contribution in [0.5, 0.6) is 0 Å². The molecule has 22 heavy (non-hydrogen) atoms. The summed E-state index contributed by atoms with van der Waals surface area (Å²) in [4.78, 5) is 11.8. The fourth-order valence-corrected chi connectivity index (χ4v) is 2.02. The Morgan fingerprint density at radius 1 is 1.27 bits per heavy atom. The van der Waals surface area contributed by atoms with E-state index in [1.165, 1.54) is 5.56 Å². The summed E-state index contributed by atoms with van der Waals surface area (Å²) in [5.41, 5.74) is 1.49. The average Bonchev–Trinajstić information content (AvgIpc) is 2.44. The summed E-state index contributed by atoms with van der Waals surface area (Å²) < 4.78 is 10.2. The summed E-state index contributed by atoms with van der Waals surface area (Å²) in [6, 6.07) is 7.37. The van der Waals surface area contributed by atoms with Crippen LogP contribution in [0.1, 0.15) is 44.4 Å². The number of hydrogen-bond donors (Lipinski definition) is 2. The number of carbonyl (C=O) groups excluding carboxylic acids is 1. The van der Waals surface area contributed by atoms with Gasteiger partial charge in [-0.2, -0.15) is 0 Å². The largest absolute Gasteiger partial charge is 0.444 e. The molecule has 1 aromatic rings. The van der Waals surface area contributed by atoms with Crippen molar-refractivity contribution in [1.82, 2.24) is 5.32 Å². The fraction of sp³-hybridized carbons (Fsp3) is 0.588. The Kier molecular flexibility index (Phi) is 7.35. The molecule has 1 amide bonds. The molecule has 0 aromatic heterocycles. The van der Waals surface area contributed by atoms with Crippen molar-refractivity contribution in [3.05, 3.63) is 35.4 Å². The Balaban J connectivity index is 2.61. The molecule has 0 spiro atoms. The number of methoxy groups -OCH3 is 1. The molecule has 0 saturated heterocycles. The van der Waals surface area contributed by atoms with Gasteiger partial charge >= 0.3 is 6.09 Å². The first-order valence-electron chi connectivity index (χ1n) is 7.54. The van der Waals surface area contributed by atoms with Gasteiger partial charge in [0, 0.05) is 13.7 Å². The molecule has 0 aliphatic heterocycles. The highest BCUT2D eigenvalue weighted by atomic mass is 16.6.